The summed E-state index contributed by atoms with van der Waals surface area (Å²) in [6.45, 7) is 0.546. The highest BCUT2D eigenvalue weighted by Gasteiger charge is 2.32. The Morgan fingerprint density at radius 3 is 2.61 bits per heavy atom. The number of thioether (sulfide) groups is 1. The lowest BCUT2D eigenvalue weighted by atomic mass is 10.2. The number of benzene rings is 1. The summed E-state index contributed by atoms with van der Waals surface area (Å²) in [6.07, 6.45) is 4.56. The maximum absolute atomic E-state index is 12.3. The highest BCUT2D eigenvalue weighted by atomic mass is 32.2. The fourth-order valence-electron chi connectivity index (χ4n) is 1.91. The van der Waals surface area contributed by atoms with E-state index in [1.165, 1.54) is 0 Å². The van der Waals surface area contributed by atoms with Crippen molar-refractivity contribution in [1.29, 1.82) is 5.26 Å². The van der Waals surface area contributed by atoms with Gasteiger partial charge in [0.2, 0.25) is 0 Å². The van der Waals surface area contributed by atoms with Crippen LogP contribution in [0.1, 0.15) is 29.6 Å². The predicted molar refractivity (Wildman–Crippen MR) is 72.5 cm³/mol. The van der Waals surface area contributed by atoms with Crippen LogP contribution >= 0.6 is 11.8 Å². The molecule has 1 aliphatic carbocycles. The number of rotatable bonds is 5. The second-order valence-corrected chi connectivity index (χ2v) is 5.25. The molecule has 18 heavy (non-hydrogen) atoms. The zero-order valence-corrected chi connectivity index (χ0v) is 11.2. The van der Waals surface area contributed by atoms with Gasteiger partial charge >= 0.3 is 0 Å². The van der Waals surface area contributed by atoms with E-state index in [2.05, 4.69) is 6.07 Å². The zero-order chi connectivity index (χ0) is 13.0. The van der Waals surface area contributed by atoms with E-state index in [0.717, 1.165) is 23.3 Å². The maximum Gasteiger partial charge on any atom is 0.254 e. The van der Waals surface area contributed by atoms with E-state index in [4.69, 9.17) is 5.26 Å². The zero-order valence-electron chi connectivity index (χ0n) is 10.4. The van der Waals surface area contributed by atoms with Crippen LogP contribution in [0.15, 0.2) is 29.2 Å². The molecule has 1 aromatic rings. The minimum atomic E-state index is 0.0559. The molecule has 1 fully saturated rings. The molecule has 2 rings (SSSR count). The number of carbonyl (C=O) groups is 1. The van der Waals surface area contributed by atoms with Crippen molar-refractivity contribution in [1.82, 2.24) is 4.90 Å². The second-order valence-electron chi connectivity index (χ2n) is 4.37. The second kappa shape index (κ2) is 5.92. The van der Waals surface area contributed by atoms with E-state index in [9.17, 15) is 4.79 Å². The normalized spacial score (nSPS) is 14.0. The first-order valence-corrected chi connectivity index (χ1v) is 7.30. The smallest absolute Gasteiger partial charge is 0.254 e. The lowest BCUT2D eigenvalue weighted by Gasteiger charge is -2.21. The molecule has 0 heterocycles. The van der Waals surface area contributed by atoms with E-state index in [-0.39, 0.29) is 5.91 Å². The van der Waals surface area contributed by atoms with Gasteiger partial charge in [0.05, 0.1) is 12.5 Å². The van der Waals surface area contributed by atoms with Gasteiger partial charge in [-0.25, -0.2) is 0 Å². The molecule has 4 heteroatoms. The van der Waals surface area contributed by atoms with Crippen LogP contribution in [0.5, 0.6) is 0 Å². The lowest BCUT2D eigenvalue weighted by Crippen LogP contribution is -2.33. The first kappa shape index (κ1) is 13.0. The highest BCUT2D eigenvalue weighted by molar-refractivity contribution is 7.98. The molecule has 0 aromatic heterocycles. The summed E-state index contributed by atoms with van der Waals surface area (Å²) in [4.78, 5) is 15.3. The molecule has 0 atom stereocenters. The molecule has 1 saturated carbocycles. The monoisotopic (exact) mass is 260 g/mol. The third kappa shape index (κ3) is 3.05. The Morgan fingerprint density at radius 1 is 1.44 bits per heavy atom. The average Bonchev–Trinajstić information content (AvgIpc) is 3.24. The molecule has 0 aliphatic heterocycles. The van der Waals surface area contributed by atoms with E-state index < -0.39 is 0 Å². The van der Waals surface area contributed by atoms with Gasteiger partial charge in [-0.2, -0.15) is 5.26 Å². The lowest BCUT2D eigenvalue weighted by molar-refractivity contribution is 0.0747. The molecular weight excluding hydrogens is 244 g/mol. The van der Waals surface area contributed by atoms with Crippen molar-refractivity contribution in [2.75, 3.05) is 12.8 Å². The molecule has 1 amide bonds. The van der Waals surface area contributed by atoms with Crippen LogP contribution in [0.4, 0.5) is 0 Å². The molecule has 1 aromatic carbocycles. The molecule has 94 valence electrons. The van der Waals surface area contributed by atoms with Gasteiger partial charge in [-0.3, -0.25) is 4.79 Å². The van der Waals surface area contributed by atoms with Gasteiger partial charge in [-0.05, 0) is 43.4 Å². The Labute approximate surface area is 112 Å². The number of carbonyl (C=O) groups excluding carboxylic acids is 1. The van der Waals surface area contributed by atoms with Crippen LogP contribution in [0.3, 0.4) is 0 Å². The van der Waals surface area contributed by atoms with Crippen LogP contribution in [0.2, 0.25) is 0 Å². The van der Waals surface area contributed by atoms with Crippen molar-refractivity contribution in [2.45, 2.75) is 30.2 Å². The van der Waals surface area contributed by atoms with Gasteiger partial charge < -0.3 is 4.90 Å². The van der Waals surface area contributed by atoms with E-state index in [1.807, 2.05) is 35.4 Å². The van der Waals surface area contributed by atoms with Crippen molar-refractivity contribution < 1.29 is 4.79 Å². The summed E-state index contributed by atoms with van der Waals surface area (Å²) < 4.78 is 0. The van der Waals surface area contributed by atoms with Crippen LogP contribution in [-0.2, 0) is 0 Å². The van der Waals surface area contributed by atoms with Crippen molar-refractivity contribution in [3.63, 3.8) is 0 Å². The molecular formula is C14H16N2OS. The topological polar surface area (TPSA) is 44.1 Å². The third-order valence-electron chi connectivity index (χ3n) is 3.05. The van der Waals surface area contributed by atoms with Crippen LogP contribution in [0, 0.1) is 11.3 Å². The highest BCUT2D eigenvalue weighted by Crippen LogP contribution is 2.28. The van der Waals surface area contributed by atoms with E-state index in [0.29, 0.717) is 19.0 Å². The molecule has 0 N–H and O–H groups in total. The van der Waals surface area contributed by atoms with Gasteiger partial charge in [0.15, 0.2) is 0 Å². The first-order valence-electron chi connectivity index (χ1n) is 6.08. The summed E-state index contributed by atoms with van der Waals surface area (Å²) in [7, 11) is 0. The molecule has 0 saturated heterocycles. The fourth-order valence-corrected chi connectivity index (χ4v) is 2.31. The Kier molecular flexibility index (Phi) is 4.27. The van der Waals surface area contributed by atoms with Gasteiger partial charge in [0.25, 0.3) is 5.91 Å². The first-order chi connectivity index (χ1) is 8.76. The van der Waals surface area contributed by atoms with Crippen molar-refractivity contribution in [3.05, 3.63) is 29.8 Å². The summed E-state index contributed by atoms with van der Waals surface area (Å²) in [5.41, 5.74) is 0.720. The Morgan fingerprint density at radius 2 is 2.11 bits per heavy atom. The average molecular weight is 260 g/mol. The van der Waals surface area contributed by atoms with Gasteiger partial charge in [0.1, 0.15) is 0 Å². The van der Waals surface area contributed by atoms with Gasteiger partial charge in [-0.15, -0.1) is 11.8 Å². The molecule has 0 bridgehead atoms. The Balaban J connectivity index is 2.09. The Bertz CT molecular complexity index is 460. The fraction of sp³-hybridized carbons (Fsp3) is 0.429. The molecule has 0 unspecified atom stereocenters. The number of nitrogens with zero attached hydrogens (tertiary/aromatic N) is 2. The quantitative estimate of drug-likeness (QED) is 0.765. The van der Waals surface area contributed by atoms with Gasteiger partial charge in [-0.1, -0.05) is 0 Å². The minimum Gasteiger partial charge on any atom is -0.335 e. The molecule has 0 radical (unpaired) electrons. The van der Waals surface area contributed by atoms with Gasteiger partial charge in [0, 0.05) is 23.0 Å². The number of nitriles is 1. The number of hydrogen-bond donors (Lipinski definition) is 0. The number of hydrogen-bond acceptors (Lipinski definition) is 3. The Hall–Kier alpha value is -1.47. The minimum absolute atomic E-state index is 0.0559. The standard InChI is InChI=1S/C14H16N2OS/c1-18-13-7-3-11(4-8-13)14(17)16(10-2-9-15)12-5-6-12/h3-4,7-8,12H,2,5-6,10H2,1H3. The van der Waals surface area contributed by atoms with Crippen molar-refractivity contribution in [2.24, 2.45) is 0 Å². The third-order valence-corrected chi connectivity index (χ3v) is 3.79. The molecule has 1 aliphatic rings. The largest absolute Gasteiger partial charge is 0.335 e. The predicted octanol–water partition coefficient (Wildman–Crippen LogP) is 2.93. The van der Waals surface area contributed by atoms with Crippen LogP contribution in [-0.4, -0.2) is 29.6 Å². The van der Waals surface area contributed by atoms with Crippen molar-refractivity contribution >= 4 is 17.7 Å². The summed E-state index contributed by atoms with van der Waals surface area (Å²) in [6, 6.07) is 10.1. The summed E-state index contributed by atoms with van der Waals surface area (Å²) in [5.74, 6) is 0.0559. The summed E-state index contributed by atoms with van der Waals surface area (Å²) >= 11 is 1.66. The van der Waals surface area contributed by atoms with E-state index >= 15 is 0 Å². The molecule has 3 nitrogen and oxygen atoms in total. The maximum atomic E-state index is 12.3. The SMILES string of the molecule is CSc1ccc(C(=O)N(CCC#N)C2CC2)cc1. The molecule has 0 spiro atoms. The summed E-state index contributed by atoms with van der Waals surface area (Å²) in [5, 5.41) is 8.65. The van der Waals surface area contributed by atoms with E-state index in [1.54, 1.807) is 11.8 Å². The number of amides is 1. The van der Waals surface area contributed by atoms with Crippen LogP contribution in [0.25, 0.3) is 0 Å². The van der Waals surface area contributed by atoms with Crippen LogP contribution < -0.4 is 0 Å². The van der Waals surface area contributed by atoms with Crippen molar-refractivity contribution in [3.8, 4) is 6.07 Å².